The van der Waals surface area contributed by atoms with Crippen molar-refractivity contribution in [3.8, 4) is 11.5 Å². The molecule has 0 unspecified atom stereocenters. The van der Waals surface area contributed by atoms with E-state index in [0.717, 1.165) is 5.56 Å². The molecule has 0 radical (unpaired) electrons. The molecule has 5 nitrogen and oxygen atoms in total. The summed E-state index contributed by atoms with van der Waals surface area (Å²) in [5.41, 5.74) is 4.20. The van der Waals surface area contributed by atoms with Crippen molar-refractivity contribution in [2.75, 3.05) is 12.4 Å². The van der Waals surface area contributed by atoms with E-state index in [4.69, 9.17) is 44.9 Å². The monoisotopic (exact) mass is 411 g/mol. The van der Waals surface area contributed by atoms with Crippen molar-refractivity contribution >= 4 is 52.4 Å². The Kier molecular flexibility index (Phi) is 7.50. The second-order valence-corrected chi connectivity index (χ2v) is 6.78. The van der Waals surface area contributed by atoms with Crippen molar-refractivity contribution in [2.24, 2.45) is 5.10 Å². The Hall–Kier alpha value is -2.02. The van der Waals surface area contributed by atoms with Gasteiger partial charge in [0, 0.05) is 5.02 Å². The molecule has 0 heterocycles. The Morgan fingerprint density at radius 1 is 1.15 bits per heavy atom. The normalized spacial score (nSPS) is 10.8. The van der Waals surface area contributed by atoms with E-state index in [1.807, 2.05) is 32.0 Å². The van der Waals surface area contributed by atoms with E-state index in [-0.39, 0.29) is 6.10 Å². The lowest BCUT2D eigenvalue weighted by Crippen LogP contribution is -2.24. The van der Waals surface area contributed by atoms with Crippen LogP contribution in [-0.2, 0) is 0 Å². The third kappa shape index (κ3) is 6.05. The zero-order valence-corrected chi connectivity index (χ0v) is 16.9. The summed E-state index contributed by atoms with van der Waals surface area (Å²) >= 11 is 17.1. The van der Waals surface area contributed by atoms with Gasteiger partial charge >= 0.3 is 0 Å². The van der Waals surface area contributed by atoms with Gasteiger partial charge in [0.15, 0.2) is 16.6 Å². The molecule has 0 aliphatic rings. The minimum absolute atomic E-state index is 0.0632. The summed E-state index contributed by atoms with van der Waals surface area (Å²) in [5, 5.41) is 8.38. The van der Waals surface area contributed by atoms with Gasteiger partial charge in [0.05, 0.1) is 30.1 Å². The van der Waals surface area contributed by atoms with Gasteiger partial charge in [0.2, 0.25) is 0 Å². The average molecular weight is 412 g/mol. The lowest BCUT2D eigenvalue weighted by atomic mass is 10.2. The largest absolute Gasteiger partial charge is 0.493 e. The van der Waals surface area contributed by atoms with Crippen molar-refractivity contribution in [3.05, 3.63) is 52.0 Å². The summed E-state index contributed by atoms with van der Waals surface area (Å²) in [6, 6.07) is 10.6. The molecule has 0 saturated carbocycles. The molecule has 0 amide bonds. The van der Waals surface area contributed by atoms with Gasteiger partial charge in [-0.25, -0.2) is 0 Å². The zero-order valence-electron chi connectivity index (χ0n) is 14.5. The van der Waals surface area contributed by atoms with Gasteiger partial charge in [-0.15, -0.1) is 0 Å². The summed E-state index contributed by atoms with van der Waals surface area (Å²) in [4.78, 5) is 0. The van der Waals surface area contributed by atoms with E-state index < -0.39 is 0 Å². The maximum atomic E-state index is 6.09. The van der Waals surface area contributed by atoms with E-state index in [1.54, 1.807) is 31.5 Å². The molecular weight excluding hydrogens is 393 g/mol. The average Bonchev–Trinajstić information content (AvgIpc) is 2.58. The molecule has 2 rings (SSSR count). The molecular formula is C18H19Cl2N3O2S. The summed E-state index contributed by atoms with van der Waals surface area (Å²) in [6.45, 7) is 3.92. The van der Waals surface area contributed by atoms with Crippen molar-refractivity contribution in [1.29, 1.82) is 0 Å². The zero-order chi connectivity index (χ0) is 19.1. The molecule has 8 heteroatoms. The molecule has 2 aromatic rings. The van der Waals surface area contributed by atoms with Crippen LogP contribution in [0.5, 0.6) is 11.5 Å². The van der Waals surface area contributed by atoms with Crippen molar-refractivity contribution in [3.63, 3.8) is 0 Å². The molecule has 0 spiro atoms. The van der Waals surface area contributed by atoms with E-state index in [2.05, 4.69) is 15.8 Å². The summed E-state index contributed by atoms with van der Waals surface area (Å²) in [7, 11) is 1.59. The Morgan fingerprint density at radius 3 is 2.58 bits per heavy atom. The Labute approximate surface area is 168 Å². The first kappa shape index (κ1) is 20.3. The van der Waals surface area contributed by atoms with E-state index in [9.17, 15) is 0 Å². The number of thiocarbonyl (C=S) groups is 1. The minimum atomic E-state index is 0.0632. The molecule has 2 N–H and O–H groups in total. The van der Waals surface area contributed by atoms with Gasteiger partial charge in [0.1, 0.15) is 0 Å². The van der Waals surface area contributed by atoms with Crippen LogP contribution in [0.4, 0.5) is 5.69 Å². The molecule has 0 atom stereocenters. The number of ether oxygens (including phenoxy) is 2. The number of benzene rings is 2. The van der Waals surface area contributed by atoms with Crippen molar-refractivity contribution < 1.29 is 9.47 Å². The van der Waals surface area contributed by atoms with E-state index in [1.165, 1.54) is 0 Å². The molecule has 0 aliphatic carbocycles. The molecule has 0 bridgehead atoms. The van der Waals surface area contributed by atoms with Crippen LogP contribution >= 0.6 is 35.4 Å². The second-order valence-electron chi connectivity index (χ2n) is 5.53. The van der Waals surface area contributed by atoms with Gasteiger partial charge in [-0.05, 0) is 68.0 Å². The van der Waals surface area contributed by atoms with Crippen LogP contribution < -0.4 is 20.2 Å². The maximum Gasteiger partial charge on any atom is 0.191 e. The SMILES string of the molecule is COc1cc(/C=N\NC(=S)Nc2ccc(Cl)cc2Cl)ccc1OC(C)C. The highest BCUT2D eigenvalue weighted by atomic mass is 35.5. The molecule has 26 heavy (non-hydrogen) atoms. The highest BCUT2D eigenvalue weighted by Gasteiger charge is 2.07. The predicted molar refractivity (Wildman–Crippen MR) is 112 cm³/mol. The Balaban J connectivity index is 1.98. The van der Waals surface area contributed by atoms with Gasteiger partial charge < -0.3 is 14.8 Å². The number of rotatable bonds is 6. The number of hydrogen-bond donors (Lipinski definition) is 2. The Bertz CT molecular complexity index is 813. The first-order valence-electron chi connectivity index (χ1n) is 7.79. The second kappa shape index (κ2) is 9.62. The number of hydrazone groups is 1. The number of methoxy groups -OCH3 is 1. The van der Waals surface area contributed by atoms with Gasteiger partial charge in [-0.3, -0.25) is 5.43 Å². The van der Waals surface area contributed by atoms with Crippen LogP contribution in [0.25, 0.3) is 0 Å². The predicted octanol–water partition coefficient (Wildman–Crippen LogP) is 5.11. The minimum Gasteiger partial charge on any atom is -0.493 e. The molecule has 2 aromatic carbocycles. The quantitative estimate of drug-likeness (QED) is 0.392. The van der Waals surface area contributed by atoms with Gasteiger partial charge in [-0.1, -0.05) is 23.2 Å². The van der Waals surface area contributed by atoms with E-state index in [0.29, 0.717) is 32.3 Å². The number of nitrogens with zero attached hydrogens (tertiary/aromatic N) is 1. The maximum absolute atomic E-state index is 6.09. The first-order valence-corrected chi connectivity index (χ1v) is 8.95. The van der Waals surface area contributed by atoms with Gasteiger partial charge in [-0.2, -0.15) is 5.10 Å². The van der Waals surface area contributed by atoms with Crippen molar-refractivity contribution in [2.45, 2.75) is 20.0 Å². The lowest BCUT2D eigenvalue weighted by molar-refractivity contribution is 0.230. The third-order valence-corrected chi connectivity index (χ3v) is 3.85. The number of hydrogen-bond acceptors (Lipinski definition) is 4. The molecule has 138 valence electrons. The molecule has 0 saturated heterocycles. The first-order chi connectivity index (χ1) is 12.4. The highest BCUT2D eigenvalue weighted by Crippen LogP contribution is 2.28. The molecule has 0 aliphatic heterocycles. The van der Waals surface area contributed by atoms with Crippen LogP contribution in [0.3, 0.4) is 0 Å². The summed E-state index contributed by atoms with van der Waals surface area (Å²) < 4.78 is 11.0. The molecule has 0 aromatic heterocycles. The fraction of sp³-hybridized carbons (Fsp3) is 0.222. The fourth-order valence-electron chi connectivity index (χ4n) is 2.02. The number of anilines is 1. The smallest absolute Gasteiger partial charge is 0.191 e. The van der Waals surface area contributed by atoms with Crippen LogP contribution in [0.1, 0.15) is 19.4 Å². The number of halogens is 2. The lowest BCUT2D eigenvalue weighted by Gasteiger charge is -2.13. The van der Waals surface area contributed by atoms with Crippen LogP contribution in [0.15, 0.2) is 41.5 Å². The number of nitrogens with one attached hydrogen (secondary N) is 2. The molecule has 0 fully saturated rings. The van der Waals surface area contributed by atoms with Crippen LogP contribution in [0, 0.1) is 0 Å². The van der Waals surface area contributed by atoms with Crippen molar-refractivity contribution in [1.82, 2.24) is 5.43 Å². The highest BCUT2D eigenvalue weighted by molar-refractivity contribution is 7.80. The Morgan fingerprint density at radius 2 is 1.92 bits per heavy atom. The third-order valence-electron chi connectivity index (χ3n) is 3.11. The van der Waals surface area contributed by atoms with Crippen LogP contribution in [0.2, 0.25) is 10.0 Å². The topological polar surface area (TPSA) is 54.9 Å². The summed E-state index contributed by atoms with van der Waals surface area (Å²) in [5.74, 6) is 1.32. The standard InChI is InChI=1S/C18H19Cl2N3O2S/c1-11(2)25-16-7-4-12(8-17(16)24-3)10-21-23-18(26)22-15-6-5-13(19)9-14(15)20/h4-11H,1-3H3,(H2,22,23,26)/b21-10-. The summed E-state index contributed by atoms with van der Waals surface area (Å²) in [6.07, 6.45) is 1.69. The van der Waals surface area contributed by atoms with E-state index >= 15 is 0 Å². The van der Waals surface area contributed by atoms with Gasteiger partial charge in [0.25, 0.3) is 0 Å². The van der Waals surface area contributed by atoms with Crippen LogP contribution in [-0.4, -0.2) is 24.5 Å². The fourth-order valence-corrected chi connectivity index (χ4v) is 2.64.